The maximum absolute atomic E-state index is 9.32. The number of aromatic hydroxyl groups is 1. The van der Waals surface area contributed by atoms with Gasteiger partial charge in [0, 0.05) is 17.1 Å². The van der Waals surface area contributed by atoms with Crippen molar-refractivity contribution in [2.75, 3.05) is 0 Å². The molecule has 2 atom stereocenters. The minimum atomic E-state index is 0.328. The van der Waals surface area contributed by atoms with Gasteiger partial charge in [-0.3, -0.25) is 0 Å². The number of phenols is 1. The Morgan fingerprint density at radius 2 is 2.29 bits per heavy atom. The summed E-state index contributed by atoms with van der Waals surface area (Å²) in [6.45, 7) is 3.07. The predicted octanol–water partition coefficient (Wildman–Crippen LogP) is 2.65. The van der Waals surface area contributed by atoms with Crippen molar-refractivity contribution in [2.45, 2.75) is 25.9 Å². The highest BCUT2D eigenvalue weighted by molar-refractivity contribution is 9.10. The third-order valence-corrected chi connectivity index (χ3v) is 3.47. The van der Waals surface area contributed by atoms with E-state index in [4.69, 9.17) is 0 Å². The lowest BCUT2D eigenvalue weighted by atomic mass is 10.2. The van der Waals surface area contributed by atoms with E-state index in [1.54, 1.807) is 12.1 Å². The number of halogens is 1. The van der Waals surface area contributed by atoms with E-state index in [0.717, 1.165) is 22.5 Å². The van der Waals surface area contributed by atoms with E-state index in [1.807, 2.05) is 6.07 Å². The van der Waals surface area contributed by atoms with Crippen LogP contribution in [-0.2, 0) is 6.54 Å². The maximum Gasteiger partial charge on any atom is 0.115 e. The Morgan fingerprint density at radius 1 is 1.57 bits per heavy atom. The van der Waals surface area contributed by atoms with Gasteiger partial charge in [0.2, 0.25) is 0 Å². The SMILES string of the molecule is CC1CC1NCc1cc(O)ccc1Br. The molecule has 0 bridgehead atoms. The average molecular weight is 256 g/mol. The van der Waals surface area contributed by atoms with Crippen molar-refractivity contribution in [1.82, 2.24) is 5.32 Å². The van der Waals surface area contributed by atoms with Crippen LogP contribution >= 0.6 is 15.9 Å². The first kappa shape index (κ1) is 9.99. The van der Waals surface area contributed by atoms with E-state index in [1.165, 1.54) is 6.42 Å². The molecule has 1 saturated carbocycles. The van der Waals surface area contributed by atoms with Crippen LogP contribution in [-0.4, -0.2) is 11.1 Å². The molecule has 3 heteroatoms. The van der Waals surface area contributed by atoms with Crippen LogP contribution in [0.3, 0.4) is 0 Å². The normalized spacial score (nSPS) is 25.0. The summed E-state index contributed by atoms with van der Waals surface area (Å²) in [5.74, 6) is 1.14. The topological polar surface area (TPSA) is 32.3 Å². The third kappa shape index (κ3) is 2.28. The number of benzene rings is 1. The number of hydrogen-bond acceptors (Lipinski definition) is 2. The Kier molecular flexibility index (Phi) is 2.79. The van der Waals surface area contributed by atoms with Crippen LogP contribution in [0.2, 0.25) is 0 Å². The lowest BCUT2D eigenvalue weighted by Gasteiger charge is -2.06. The fourth-order valence-electron chi connectivity index (χ4n) is 1.54. The molecular formula is C11H14BrNO. The minimum absolute atomic E-state index is 0.328. The quantitative estimate of drug-likeness (QED) is 0.871. The molecule has 2 unspecified atom stereocenters. The van der Waals surface area contributed by atoms with Crippen LogP contribution in [0.1, 0.15) is 18.9 Å². The van der Waals surface area contributed by atoms with Crippen LogP contribution in [0.25, 0.3) is 0 Å². The van der Waals surface area contributed by atoms with Crippen LogP contribution < -0.4 is 5.32 Å². The molecule has 0 amide bonds. The number of phenolic OH excluding ortho intramolecular Hbond substituents is 1. The molecule has 2 rings (SSSR count). The van der Waals surface area contributed by atoms with Crippen molar-refractivity contribution in [3.63, 3.8) is 0 Å². The van der Waals surface area contributed by atoms with Gasteiger partial charge in [-0.25, -0.2) is 0 Å². The first-order valence-electron chi connectivity index (χ1n) is 4.87. The predicted molar refractivity (Wildman–Crippen MR) is 60.2 cm³/mol. The third-order valence-electron chi connectivity index (χ3n) is 2.69. The Labute approximate surface area is 92.5 Å². The second kappa shape index (κ2) is 3.91. The van der Waals surface area contributed by atoms with Crippen molar-refractivity contribution < 1.29 is 5.11 Å². The van der Waals surface area contributed by atoms with Gasteiger partial charge in [0.05, 0.1) is 0 Å². The second-order valence-electron chi connectivity index (χ2n) is 3.98. The summed E-state index contributed by atoms with van der Waals surface area (Å²) >= 11 is 3.46. The van der Waals surface area contributed by atoms with Gasteiger partial charge >= 0.3 is 0 Å². The average Bonchev–Trinajstić information content (AvgIpc) is 2.84. The zero-order chi connectivity index (χ0) is 10.1. The fraction of sp³-hybridized carbons (Fsp3) is 0.455. The van der Waals surface area contributed by atoms with Gasteiger partial charge in [0.1, 0.15) is 5.75 Å². The Hall–Kier alpha value is -0.540. The Balaban J connectivity index is 1.97. The van der Waals surface area contributed by atoms with E-state index in [-0.39, 0.29) is 0 Å². The van der Waals surface area contributed by atoms with Crippen molar-refractivity contribution in [2.24, 2.45) is 5.92 Å². The summed E-state index contributed by atoms with van der Waals surface area (Å²) in [4.78, 5) is 0. The highest BCUT2D eigenvalue weighted by Gasteiger charge is 2.31. The fourth-order valence-corrected chi connectivity index (χ4v) is 1.93. The summed E-state index contributed by atoms with van der Waals surface area (Å²) in [6.07, 6.45) is 1.27. The molecular weight excluding hydrogens is 242 g/mol. The molecule has 1 aliphatic carbocycles. The number of hydrogen-bond donors (Lipinski definition) is 2. The van der Waals surface area contributed by atoms with Crippen LogP contribution in [0.4, 0.5) is 0 Å². The zero-order valence-electron chi connectivity index (χ0n) is 8.13. The highest BCUT2D eigenvalue weighted by atomic mass is 79.9. The molecule has 0 radical (unpaired) electrons. The standard InChI is InChI=1S/C11H14BrNO/c1-7-4-11(7)13-6-8-5-9(14)2-3-10(8)12/h2-3,5,7,11,13-14H,4,6H2,1H3. The van der Waals surface area contributed by atoms with Crippen molar-refractivity contribution in [3.05, 3.63) is 28.2 Å². The van der Waals surface area contributed by atoms with E-state index in [0.29, 0.717) is 11.8 Å². The van der Waals surface area contributed by atoms with Gasteiger partial charge in [-0.1, -0.05) is 22.9 Å². The maximum atomic E-state index is 9.32. The van der Waals surface area contributed by atoms with Crippen molar-refractivity contribution in [3.8, 4) is 5.75 Å². The molecule has 2 N–H and O–H groups in total. The molecule has 0 aromatic heterocycles. The molecule has 1 aromatic rings. The number of nitrogens with one attached hydrogen (secondary N) is 1. The second-order valence-corrected chi connectivity index (χ2v) is 4.83. The molecule has 0 heterocycles. The van der Waals surface area contributed by atoms with Gasteiger partial charge in [-0.15, -0.1) is 0 Å². The van der Waals surface area contributed by atoms with Gasteiger partial charge in [-0.05, 0) is 36.1 Å². The summed E-state index contributed by atoms with van der Waals surface area (Å²) < 4.78 is 1.05. The van der Waals surface area contributed by atoms with Crippen molar-refractivity contribution in [1.29, 1.82) is 0 Å². The lowest BCUT2D eigenvalue weighted by molar-refractivity contribution is 0.474. The van der Waals surface area contributed by atoms with Crippen LogP contribution in [0.5, 0.6) is 5.75 Å². The van der Waals surface area contributed by atoms with Crippen LogP contribution in [0, 0.1) is 5.92 Å². The Bertz CT molecular complexity index is 340. The molecule has 0 aliphatic heterocycles. The zero-order valence-corrected chi connectivity index (χ0v) is 9.71. The van der Waals surface area contributed by atoms with E-state index >= 15 is 0 Å². The highest BCUT2D eigenvalue weighted by Crippen LogP contribution is 2.30. The molecule has 0 saturated heterocycles. The van der Waals surface area contributed by atoms with Gasteiger partial charge in [-0.2, -0.15) is 0 Å². The summed E-state index contributed by atoms with van der Waals surface area (Å²) in [6, 6.07) is 6.03. The minimum Gasteiger partial charge on any atom is -0.508 e. The monoisotopic (exact) mass is 255 g/mol. The first-order valence-corrected chi connectivity index (χ1v) is 5.67. The summed E-state index contributed by atoms with van der Waals surface area (Å²) in [7, 11) is 0. The molecule has 14 heavy (non-hydrogen) atoms. The molecule has 1 aliphatic rings. The smallest absolute Gasteiger partial charge is 0.115 e. The van der Waals surface area contributed by atoms with Crippen LogP contribution in [0.15, 0.2) is 22.7 Å². The largest absolute Gasteiger partial charge is 0.508 e. The molecule has 1 aromatic carbocycles. The van der Waals surface area contributed by atoms with Crippen molar-refractivity contribution >= 4 is 15.9 Å². The summed E-state index contributed by atoms with van der Waals surface area (Å²) in [5, 5.41) is 12.8. The molecule has 0 spiro atoms. The van der Waals surface area contributed by atoms with E-state index in [2.05, 4.69) is 28.2 Å². The van der Waals surface area contributed by atoms with E-state index in [9.17, 15) is 5.11 Å². The lowest BCUT2D eigenvalue weighted by Crippen LogP contribution is -2.17. The molecule has 76 valence electrons. The number of rotatable bonds is 3. The Morgan fingerprint density at radius 3 is 2.93 bits per heavy atom. The van der Waals surface area contributed by atoms with E-state index < -0.39 is 0 Å². The van der Waals surface area contributed by atoms with Gasteiger partial charge in [0.25, 0.3) is 0 Å². The van der Waals surface area contributed by atoms with Gasteiger partial charge < -0.3 is 10.4 Å². The molecule has 2 nitrogen and oxygen atoms in total. The first-order chi connectivity index (χ1) is 6.66. The molecule has 1 fully saturated rings. The summed E-state index contributed by atoms with van der Waals surface area (Å²) in [5.41, 5.74) is 1.11. The van der Waals surface area contributed by atoms with Gasteiger partial charge in [0.15, 0.2) is 0 Å².